The molecule has 0 bridgehead atoms. The molecular formula is C6H10N4OS. The fourth-order valence-corrected chi connectivity index (χ4v) is 1.09. The lowest BCUT2D eigenvalue weighted by atomic mass is 10.5. The van der Waals surface area contributed by atoms with Crippen LogP contribution in [0.1, 0.15) is 6.92 Å². The highest BCUT2D eigenvalue weighted by Gasteiger charge is 1.99. The van der Waals surface area contributed by atoms with Gasteiger partial charge in [-0.1, -0.05) is 0 Å². The van der Waals surface area contributed by atoms with Crippen molar-refractivity contribution >= 4 is 22.6 Å². The Balaban J connectivity index is 2.22. The standard InChI is InChI=1S/C6H10N4OS/c1-2-7-5(11)3-8-6-9-4-10-12-6/h4H,2-3H2,1H3,(H,7,11)(H,8,9,10). The second-order valence-corrected chi connectivity index (χ2v) is 2.83. The summed E-state index contributed by atoms with van der Waals surface area (Å²) in [5.74, 6) is -0.0345. The van der Waals surface area contributed by atoms with E-state index in [1.165, 1.54) is 17.9 Å². The van der Waals surface area contributed by atoms with Gasteiger partial charge in [0.15, 0.2) is 0 Å². The molecule has 1 heterocycles. The molecule has 6 heteroatoms. The SMILES string of the molecule is CCNC(=O)CNc1ncns1. The van der Waals surface area contributed by atoms with Gasteiger partial charge in [0, 0.05) is 18.1 Å². The number of nitrogens with one attached hydrogen (secondary N) is 2. The first-order valence-electron chi connectivity index (χ1n) is 3.60. The number of likely N-dealkylation sites (N-methyl/N-ethyl adjacent to an activating group) is 1. The summed E-state index contributed by atoms with van der Waals surface area (Å²) < 4.78 is 3.78. The van der Waals surface area contributed by atoms with Crippen molar-refractivity contribution in [2.75, 3.05) is 18.4 Å². The van der Waals surface area contributed by atoms with E-state index in [9.17, 15) is 4.79 Å². The van der Waals surface area contributed by atoms with Crippen LogP contribution in [0.15, 0.2) is 6.33 Å². The number of rotatable bonds is 4. The molecule has 0 spiro atoms. The number of carbonyl (C=O) groups excluding carboxylic acids is 1. The fourth-order valence-electron chi connectivity index (χ4n) is 0.667. The summed E-state index contributed by atoms with van der Waals surface area (Å²) in [6.07, 6.45) is 1.45. The molecule has 0 aliphatic rings. The number of amides is 1. The smallest absolute Gasteiger partial charge is 0.239 e. The molecule has 0 atom stereocenters. The van der Waals surface area contributed by atoms with Crippen molar-refractivity contribution in [3.05, 3.63) is 6.33 Å². The fraction of sp³-hybridized carbons (Fsp3) is 0.500. The maximum atomic E-state index is 10.9. The van der Waals surface area contributed by atoms with Crippen LogP contribution in [-0.4, -0.2) is 28.4 Å². The van der Waals surface area contributed by atoms with Crippen LogP contribution in [0.25, 0.3) is 0 Å². The zero-order valence-electron chi connectivity index (χ0n) is 6.70. The number of hydrogen-bond donors (Lipinski definition) is 2. The van der Waals surface area contributed by atoms with Gasteiger partial charge in [-0.15, -0.1) is 0 Å². The van der Waals surface area contributed by atoms with Crippen molar-refractivity contribution in [1.82, 2.24) is 14.7 Å². The highest BCUT2D eigenvalue weighted by atomic mass is 32.1. The summed E-state index contributed by atoms with van der Waals surface area (Å²) in [4.78, 5) is 14.8. The average Bonchev–Trinajstić information content (AvgIpc) is 2.53. The molecule has 2 N–H and O–H groups in total. The van der Waals surface area contributed by atoms with Crippen LogP contribution in [0.3, 0.4) is 0 Å². The topological polar surface area (TPSA) is 66.9 Å². The van der Waals surface area contributed by atoms with Crippen LogP contribution in [-0.2, 0) is 4.79 Å². The number of anilines is 1. The minimum atomic E-state index is -0.0345. The quantitative estimate of drug-likeness (QED) is 0.699. The first-order chi connectivity index (χ1) is 5.83. The van der Waals surface area contributed by atoms with E-state index in [-0.39, 0.29) is 12.5 Å². The molecule has 0 aliphatic carbocycles. The molecule has 0 unspecified atom stereocenters. The van der Waals surface area contributed by atoms with Gasteiger partial charge in [-0.25, -0.2) is 4.98 Å². The highest BCUT2D eigenvalue weighted by molar-refractivity contribution is 7.09. The van der Waals surface area contributed by atoms with E-state index in [0.29, 0.717) is 11.7 Å². The number of carbonyl (C=O) groups is 1. The van der Waals surface area contributed by atoms with Crippen LogP contribution in [0.2, 0.25) is 0 Å². The Bertz CT molecular complexity index is 236. The van der Waals surface area contributed by atoms with Crippen molar-refractivity contribution < 1.29 is 4.79 Å². The second kappa shape index (κ2) is 4.66. The number of nitrogens with zero attached hydrogens (tertiary/aromatic N) is 2. The number of hydrogen-bond acceptors (Lipinski definition) is 5. The van der Waals surface area contributed by atoms with Gasteiger partial charge >= 0.3 is 0 Å². The maximum absolute atomic E-state index is 10.9. The van der Waals surface area contributed by atoms with Gasteiger partial charge in [-0.3, -0.25) is 4.79 Å². The summed E-state index contributed by atoms with van der Waals surface area (Å²) in [5.41, 5.74) is 0. The Morgan fingerprint density at radius 1 is 1.75 bits per heavy atom. The molecule has 1 aromatic rings. The van der Waals surface area contributed by atoms with E-state index in [2.05, 4.69) is 20.0 Å². The van der Waals surface area contributed by atoms with Crippen molar-refractivity contribution in [2.24, 2.45) is 0 Å². The minimum Gasteiger partial charge on any atom is -0.355 e. The summed E-state index contributed by atoms with van der Waals surface area (Å²) in [7, 11) is 0. The molecule has 1 rings (SSSR count). The van der Waals surface area contributed by atoms with Gasteiger partial charge in [-0.05, 0) is 6.92 Å². The molecule has 12 heavy (non-hydrogen) atoms. The Morgan fingerprint density at radius 3 is 3.17 bits per heavy atom. The first-order valence-corrected chi connectivity index (χ1v) is 4.37. The molecule has 1 aromatic heterocycles. The number of aromatic nitrogens is 2. The van der Waals surface area contributed by atoms with Crippen molar-refractivity contribution in [1.29, 1.82) is 0 Å². The zero-order valence-corrected chi connectivity index (χ0v) is 7.52. The lowest BCUT2D eigenvalue weighted by Gasteiger charge is -2.01. The third-order valence-corrected chi connectivity index (χ3v) is 1.76. The molecular weight excluding hydrogens is 176 g/mol. The molecule has 5 nitrogen and oxygen atoms in total. The second-order valence-electron chi connectivity index (χ2n) is 2.05. The Hall–Kier alpha value is -1.17. The van der Waals surface area contributed by atoms with Crippen LogP contribution in [0.5, 0.6) is 0 Å². The van der Waals surface area contributed by atoms with Gasteiger partial charge in [0.05, 0.1) is 6.54 Å². The molecule has 0 saturated carbocycles. The van der Waals surface area contributed by atoms with Gasteiger partial charge in [0.1, 0.15) is 6.33 Å². The van der Waals surface area contributed by atoms with E-state index in [1.54, 1.807) is 0 Å². The normalized spacial score (nSPS) is 9.42. The predicted molar refractivity (Wildman–Crippen MR) is 47.1 cm³/mol. The molecule has 1 amide bonds. The molecule has 0 radical (unpaired) electrons. The summed E-state index contributed by atoms with van der Waals surface area (Å²) in [6.45, 7) is 2.78. The van der Waals surface area contributed by atoms with Crippen LogP contribution < -0.4 is 10.6 Å². The Labute approximate surface area is 74.4 Å². The van der Waals surface area contributed by atoms with Crippen LogP contribution in [0, 0.1) is 0 Å². The largest absolute Gasteiger partial charge is 0.355 e. The lowest BCUT2D eigenvalue weighted by molar-refractivity contribution is -0.119. The van der Waals surface area contributed by atoms with Crippen LogP contribution >= 0.6 is 11.5 Å². The van der Waals surface area contributed by atoms with Crippen molar-refractivity contribution in [3.63, 3.8) is 0 Å². The van der Waals surface area contributed by atoms with Gasteiger partial charge < -0.3 is 10.6 Å². The molecule has 0 fully saturated rings. The van der Waals surface area contributed by atoms with E-state index in [4.69, 9.17) is 0 Å². The monoisotopic (exact) mass is 186 g/mol. The van der Waals surface area contributed by atoms with E-state index >= 15 is 0 Å². The first kappa shape index (κ1) is 8.92. The van der Waals surface area contributed by atoms with Crippen molar-refractivity contribution in [3.8, 4) is 0 Å². The lowest BCUT2D eigenvalue weighted by Crippen LogP contribution is -2.29. The third-order valence-electron chi connectivity index (χ3n) is 1.14. The molecule has 0 aliphatic heterocycles. The van der Waals surface area contributed by atoms with E-state index in [0.717, 1.165) is 0 Å². The summed E-state index contributed by atoms with van der Waals surface area (Å²) >= 11 is 1.23. The van der Waals surface area contributed by atoms with E-state index < -0.39 is 0 Å². The Morgan fingerprint density at radius 2 is 2.58 bits per heavy atom. The Kier molecular flexibility index (Phi) is 3.46. The highest BCUT2D eigenvalue weighted by Crippen LogP contribution is 2.04. The van der Waals surface area contributed by atoms with Crippen LogP contribution in [0.4, 0.5) is 5.13 Å². The van der Waals surface area contributed by atoms with Gasteiger partial charge in [-0.2, -0.15) is 4.37 Å². The molecule has 0 aromatic carbocycles. The van der Waals surface area contributed by atoms with Gasteiger partial charge in [0.2, 0.25) is 11.0 Å². The van der Waals surface area contributed by atoms with Gasteiger partial charge in [0.25, 0.3) is 0 Å². The van der Waals surface area contributed by atoms with Crippen molar-refractivity contribution in [2.45, 2.75) is 6.92 Å². The summed E-state index contributed by atoms with van der Waals surface area (Å²) in [5, 5.41) is 6.17. The van der Waals surface area contributed by atoms with E-state index in [1.807, 2.05) is 6.92 Å². The predicted octanol–water partition coefficient (Wildman–Crippen LogP) is 0.0861. The minimum absolute atomic E-state index is 0.0345. The summed E-state index contributed by atoms with van der Waals surface area (Å²) in [6, 6.07) is 0. The third kappa shape index (κ3) is 2.83. The maximum Gasteiger partial charge on any atom is 0.239 e. The average molecular weight is 186 g/mol. The zero-order chi connectivity index (χ0) is 8.81. The molecule has 0 saturated heterocycles. The molecule has 66 valence electrons.